The predicted octanol–water partition coefficient (Wildman–Crippen LogP) is 7.44. The third-order valence-electron chi connectivity index (χ3n) is 12.0. The Hall–Kier alpha value is 0.210. The Morgan fingerprint density at radius 2 is 1.69 bits per heavy atom. The lowest BCUT2D eigenvalue weighted by atomic mass is 9.43. The van der Waals surface area contributed by atoms with Gasteiger partial charge in [-0.1, -0.05) is 54.4 Å². The number of hydrogen-bond donors (Lipinski definition) is 2. The number of rotatable bonds is 6. The number of aliphatic hydroxyl groups is 2. The Labute approximate surface area is 203 Å². The van der Waals surface area contributed by atoms with Gasteiger partial charge in [0, 0.05) is 11.8 Å². The Kier molecular flexibility index (Phi) is 7.13. The molecule has 4 fully saturated rings. The molecule has 0 aliphatic heterocycles. The average Bonchev–Trinajstić information content (AvgIpc) is 3.08. The molecule has 186 valence electrons. The molecule has 32 heavy (non-hydrogen) atoms. The molecule has 4 aliphatic carbocycles. The zero-order valence-electron chi connectivity index (χ0n) is 21.7. The van der Waals surface area contributed by atoms with Crippen LogP contribution in [0, 0.1) is 52.3 Å². The molecule has 0 radical (unpaired) electrons. The van der Waals surface area contributed by atoms with Gasteiger partial charge in [0.2, 0.25) is 0 Å². The molecule has 0 aromatic heterocycles. The topological polar surface area (TPSA) is 40.5 Å². The van der Waals surface area contributed by atoms with Crippen LogP contribution in [0.15, 0.2) is 0 Å². The highest BCUT2D eigenvalue weighted by Crippen LogP contribution is 2.69. The van der Waals surface area contributed by atoms with E-state index < -0.39 is 11.7 Å². The fraction of sp³-hybridized carbons (Fsp3) is 1.00. The van der Waals surface area contributed by atoms with Crippen LogP contribution < -0.4 is 0 Å². The van der Waals surface area contributed by atoms with Crippen molar-refractivity contribution in [3.63, 3.8) is 0 Å². The molecule has 0 heterocycles. The van der Waals surface area contributed by atoms with Crippen LogP contribution in [0.2, 0.25) is 0 Å². The molecule has 0 saturated heterocycles. The van der Waals surface area contributed by atoms with Crippen LogP contribution in [-0.2, 0) is 0 Å². The molecule has 0 aromatic rings. The Morgan fingerprint density at radius 1 is 0.969 bits per heavy atom. The predicted molar refractivity (Wildman–Crippen MR) is 135 cm³/mol. The minimum Gasteiger partial charge on any atom is -0.393 e. The van der Waals surface area contributed by atoms with E-state index in [9.17, 15) is 10.2 Å². The van der Waals surface area contributed by atoms with Crippen molar-refractivity contribution in [3.8, 4) is 0 Å². The van der Waals surface area contributed by atoms with Crippen LogP contribution in [0.3, 0.4) is 0 Å². The van der Waals surface area contributed by atoms with Crippen molar-refractivity contribution >= 4 is 11.6 Å². The van der Waals surface area contributed by atoms with E-state index in [4.69, 9.17) is 11.6 Å². The molecule has 4 aliphatic rings. The van der Waals surface area contributed by atoms with E-state index in [1.165, 1.54) is 44.9 Å². The second kappa shape index (κ2) is 9.02. The van der Waals surface area contributed by atoms with E-state index in [2.05, 4.69) is 41.5 Å². The molecular weight excluding hydrogens is 416 g/mol. The van der Waals surface area contributed by atoms with Gasteiger partial charge >= 0.3 is 0 Å². The van der Waals surface area contributed by atoms with Gasteiger partial charge in [-0.2, -0.15) is 0 Å². The van der Waals surface area contributed by atoms with E-state index in [-0.39, 0.29) is 10.8 Å². The van der Waals surface area contributed by atoms with Crippen molar-refractivity contribution in [2.75, 3.05) is 0 Å². The van der Waals surface area contributed by atoms with Gasteiger partial charge in [0.05, 0.1) is 17.1 Å². The van der Waals surface area contributed by atoms with Crippen molar-refractivity contribution in [1.29, 1.82) is 0 Å². The summed E-state index contributed by atoms with van der Waals surface area (Å²) < 4.78 is 0. The van der Waals surface area contributed by atoms with E-state index in [1.807, 2.05) is 0 Å². The molecule has 4 rings (SSSR count). The lowest BCUT2D eigenvalue weighted by molar-refractivity contribution is -0.217. The molecular formula is C29H51ClO2. The molecule has 11 atom stereocenters. The molecule has 0 spiro atoms. The Morgan fingerprint density at radius 3 is 2.34 bits per heavy atom. The third-order valence-corrected chi connectivity index (χ3v) is 12.5. The first kappa shape index (κ1) is 25.3. The SMILES string of the molecule is CC[C@@H](CC[C@@H](C)[C@H]1CC[C@H]2[C@@H]3C[C@H](Cl)[C@]4(O)C[C@@H](O)CC[C@]4(C)[C@H]3CC[C@]12C)C(C)C. The minimum absolute atomic E-state index is 0.141. The van der Waals surface area contributed by atoms with Crippen LogP contribution in [0.25, 0.3) is 0 Å². The fourth-order valence-corrected chi connectivity index (χ4v) is 10.4. The normalized spacial score (nSPS) is 50.4. The number of hydrogen-bond acceptors (Lipinski definition) is 2. The van der Waals surface area contributed by atoms with Crippen molar-refractivity contribution in [3.05, 3.63) is 0 Å². The maximum Gasteiger partial charge on any atom is 0.0891 e. The van der Waals surface area contributed by atoms with Crippen LogP contribution in [-0.4, -0.2) is 27.3 Å². The Bertz CT molecular complexity index is 666. The maximum atomic E-state index is 11.8. The molecule has 0 unspecified atom stereocenters. The lowest BCUT2D eigenvalue weighted by Crippen LogP contribution is -2.67. The summed E-state index contributed by atoms with van der Waals surface area (Å²) in [7, 11) is 0. The first-order valence-corrected chi connectivity index (χ1v) is 14.5. The summed E-state index contributed by atoms with van der Waals surface area (Å²) in [6, 6.07) is 0. The Balaban J connectivity index is 1.51. The average molecular weight is 467 g/mol. The van der Waals surface area contributed by atoms with Crippen LogP contribution in [0.5, 0.6) is 0 Å². The van der Waals surface area contributed by atoms with Crippen LogP contribution in [0.4, 0.5) is 0 Å². The van der Waals surface area contributed by atoms with Gasteiger partial charge in [0.1, 0.15) is 0 Å². The summed E-state index contributed by atoms with van der Waals surface area (Å²) in [6.45, 7) is 14.6. The third kappa shape index (κ3) is 3.81. The molecule has 2 N–H and O–H groups in total. The lowest BCUT2D eigenvalue weighted by Gasteiger charge is -2.65. The number of halogens is 1. The van der Waals surface area contributed by atoms with Crippen molar-refractivity contribution in [2.45, 2.75) is 129 Å². The van der Waals surface area contributed by atoms with Gasteiger partial charge in [0.15, 0.2) is 0 Å². The number of fused-ring (bicyclic) bond motifs is 5. The summed E-state index contributed by atoms with van der Waals surface area (Å²) in [5.41, 5.74) is -0.604. The minimum atomic E-state index is -0.904. The van der Waals surface area contributed by atoms with Gasteiger partial charge < -0.3 is 10.2 Å². The van der Waals surface area contributed by atoms with Crippen LogP contribution >= 0.6 is 11.6 Å². The van der Waals surface area contributed by atoms with Gasteiger partial charge in [0.25, 0.3) is 0 Å². The van der Waals surface area contributed by atoms with E-state index >= 15 is 0 Å². The van der Waals surface area contributed by atoms with Gasteiger partial charge in [-0.3, -0.25) is 0 Å². The second-order valence-electron chi connectivity index (χ2n) is 13.5. The van der Waals surface area contributed by atoms with E-state index in [1.54, 1.807) is 0 Å². The van der Waals surface area contributed by atoms with Gasteiger partial charge in [-0.25, -0.2) is 0 Å². The van der Waals surface area contributed by atoms with Crippen molar-refractivity contribution in [1.82, 2.24) is 0 Å². The zero-order valence-corrected chi connectivity index (χ0v) is 22.5. The quantitative estimate of drug-likeness (QED) is 0.399. The molecule has 2 nitrogen and oxygen atoms in total. The number of alkyl halides is 1. The molecule has 0 amide bonds. The van der Waals surface area contributed by atoms with Crippen LogP contribution in [0.1, 0.15) is 112 Å². The first-order valence-electron chi connectivity index (χ1n) is 14.0. The summed E-state index contributed by atoms with van der Waals surface area (Å²) >= 11 is 7.01. The molecule has 3 heteroatoms. The van der Waals surface area contributed by atoms with Crippen molar-refractivity contribution in [2.24, 2.45) is 52.3 Å². The van der Waals surface area contributed by atoms with E-state index in [0.717, 1.165) is 48.9 Å². The van der Waals surface area contributed by atoms with Gasteiger partial charge in [-0.15, -0.1) is 11.6 Å². The zero-order chi connectivity index (χ0) is 23.5. The maximum absolute atomic E-state index is 11.8. The summed E-state index contributed by atoms with van der Waals surface area (Å²) in [6.07, 6.45) is 12.1. The fourth-order valence-electron chi connectivity index (χ4n) is 9.87. The van der Waals surface area contributed by atoms with Gasteiger partial charge in [-0.05, 0) is 98.2 Å². The molecule has 4 saturated carbocycles. The summed E-state index contributed by atoms with van der Waals surface area (Å²) in [4.78, 5) is 0. The van der Waals surface area contributed by atoms with E-state index in [0.29, 0.717) is 23.7 Å². The molecule has 0 bridgehead atoms. The highest BCUT2D eigenvalue weighted by atomic mass is 35.5. The highest BCUT2D eigenvalue weighted by Gasteiger charge is 2.67. The highest BCUT2D eigenvalue weighted by molar-refractivity contribution is 6.21. The standard InChI is InChI=1S/C29H51ClO2/c1-7-20(18(2)3)9-8-19(4)23-10-11-24-22-16-26(30)29(32)17-21(31)12-15-28(29,6)25(22)13-14-27(23,24)5/h18-26,31-32H,7-17H2,1-6H3/t19-,20+,21+,22+,23-,24+,25+,26+,27-,28-,29-/m1/s1. The second-order valence-corrected chi connectivity index (χ2v) is 14.0. The van der Waals surface area contributed by atoms with Crippen molar-refractivity contribution < 1.29 is 10.2 Å². The smallest absolute Gasteiger partial charge is 0.0891 e. The molecule has 0 aromatic carbocycles. The summed E-state index contributed by atoms with van der Waals surface area (Å²) in [5.74, 6) is 5.28. The largest absolute Gasteiger partial charge is 0.393 e. The number of aliphatic hydroxyl groups excluding tert-OH is 1. The monoisotopic (exact) mass is 466 g/mol. The first-order chi connectivity index (χ1) is 15.0. The summed E-state index contributed by atoms with van der Waals surface area (Å²) in [5, 5.41) is 21.9.